The molecule has 1 aliphatic rings. The van der Waals surface area contributed by atoms with Gasteiger partial charge in [-0.1, -0.05) is 43.7 Å². The lowest BCUT2D eigenvalue weighted by Gasteiger charge is -2.32. The van der Waals surface area contributed by atoms with E-state index in [1.54, 1.807) is 12.1 Å². The Labute approximate surface area is 183 Å². The molecule has 1 aliphatic heterocycles. The summed E-state index contributed by atoms with van der Waals surface area (Å²) in [5.74, 6) is -0.177. The largest absolute Gasteiger partial charge is 0.354 e. The molecular formula is C26H32FN3O. The minimum atomic E-state index is -0.258. The van der Waals surface area contributed by atoms with Crippen molar-refractivity contribution in [3.8, 4) is 11.3 Å². The molecule has 4 nitrogen and oxygen atoms in total. The number of carbonyl (C=O) groups is 1. The van der Waals surface area contributed by atoms with E-state index in [1.807, 2.05) is 30.3 Å². The number of unbranched alkanes of at least 4 members (excludes halogenated alkanes) is 1. The van der Waals surface area contributed by atoms with Crippen LogP contribution in [0.4, 0.5) is 4.39 Å². The summed E-state index contributed by atoms with van der Waals surface area (Å²) in [5.41, 5.74) is 3.92. The Bertz CT molecular complexity index is 1010. The quantitative estimate of drug-likeness (QED) is 0.519. The molecule has 0 spiro atoms. The predicted molar refractivity (Wildman–Crippen MR) is 125 cm³/mol. The van der Waals surface area contributed by atoms with Crippen LogP contribution < -0.4 is 5.32 Å². The van der Waals surface area contributed by atoms with Gasteiger partial charge in [0.25, 0.3) is 0 Å². The van der Waals surface area contributed by atoms with Gasteiger partial charge in [-0.2, -0.15) is 0 Å². The number of hydrogen-bond acceptors (Lipinski definition) is 2. The third-order valence-electron chi connectivity index (χ3n) is 6.31. The number of amides is 1. The topological polar surface area (TPSA) is 48.1 Å². The van der Waals surface area contributed by atoms with E-state index in [9.17, 15) is 9.18 Å². The SMILES string of the molecule is CCCCN1CCC(NC(=O)CCc2c(-c3ccccc3)[nH]c3ccc(F)cc23)CC1. The number of fused-ring (bicyclic) bond motifs is 1. The highest BCUT2D eigenvalue weighted by Crippen LogP contribution is 2.31. The van der Waals surface area contributed by atoms with Gasteiger partial charge in [-0.05, 0) is 61.6 Å². The zero-order valence-corrected chi connectivity index (χ0v) is 18.3. The molecule has 2 N–H and O–H groups in total. The van der Waals surface area contributed by atoms with Crippen molar-refractivity contribution >= 4 is 16.8 Å². The molecule has 3 aromatic rings. The smallest absolute Gasteiger partial charge is 0.220 e. The number of nitrogens with one attached hydrogen (secondary N) is 2. The number of piperidine rings is 1. The molecule has 1 aromatic heterocycles. The summed E-state index contributed by atoms with van der Waals surface area (Å²) >= 11 is 0. The molecular weight excluding hydrogens is 389 g/mol. The van der Waals surface area contributed by atoms with Crippen molar-refractivity contribution in [1.82, 2.24) is 15.2 Å². The summed E-state index contributed by atoms with van der Waals surface area (Å²) in [6, 6.07) is 15.1. The van der Waals surface area contributed by atoms with Crippen LogP contribution in [-0.4, -0.2) is 41.5 Å². The van der Waals surface area contributed by atoms with E-state index in [0.29, 0.717) is 12.8 Å². The van der Waals surface area contributed by atoms with Crippen LogP contribution in [-0.2, 0) is 11.2 Å². The molecule has 5 heteroatoms. The summed E-state index contributed by atoms with van der Waals surface area (Å²) < 4.78 is 13.9. The number of H-pyrrole nitrogens is 1. The van der Waals surface area contributed by atoms with Crippen molar-refractivity contribution < 1.29 is 9.18 Å². The molecule has 2 heterocycles. The third kappa shape index (κ3) is 5.34. The number of likely N-dealkylation sites (tertiary alicyclic amines) is 1. The van der Waals surface area contributed by atoms with Crippen LogP contribution in [0, 0.1) is 5.82 Å². The van der Waals surface area contributed by atoms with Crippen molar-refractivity contribution in [2.24, 2.45) is 0 Å². The van der Waals surface area contributed by atoms with Crippen LogP contribution >= 0.6 is 0 Å². The first kappa shape index (κ1) is 21.6. The second-order valence-electron chi connectivity index (χ2n) is 8.57. The summed E-state index contributed by atoms with van der Waals surface area (Å²) in [5, 5.41) is 4.08. The third-order valence-corrected chi connectivity index (χ3v) is 6.31. The lowest BCUT2D eigenvalue weighted by atomic mass is 10.00. The fourth-order valence-corrected chi connectivity index (χ4v) is 4.55. The fourth-order valence-electron chi connectivity index (χ4n) is 4.55. The first-order valence-corrected chi connectivity index (χ1v) is 11.5. The zero-order valence-electron chi connectivity index (χ0n) is 18.3. The van der Waals surface area contributed by atoms with E-state index < -0.39 is 0 Å². The van der Waals surface area contributed by atoms with Crippen molar-refractivity contribution in [3.05, 3.63) is 59.9 Å². The maximum atomic E-state index is 13.9. The minimum Gasteiger partial charge on any atom is -0.354 e. The Balaban J connectivity index is 1.42. The number of hydrogen-bond donors (Lipinski definition) is 2. The average molecular weight is 422 g/mol. The van der Waals surface area contributed by atoms with E-state index in [1.165, 1.54) is 18.9 Å². The predicted octanol–water partition coefficient (Wildman–Crippen LogP) is 5.29. The maximum Gasteiger partial charge on any atom is 0.220 e. The van der Waals surface area contributed by atoms with Gasteiger partial charge < -0.3 is 15.2 Å². The Morgan fingerprint density at radius 2 is 1.94 bits per heavy atom. The van der Waals surface area contributed by atoms with Crippen LogP contribution in [0.3, 0.4) is 0 Å². The minimum absolute atomic E-state index is 0.0803. The monoisotopic (exact) mass is 421 g/mol. The van der Waals surface area contributed by atoms with Gasteiger partial charge in [0, 0.05) is 42.1 Å². The van der Waals surface area contributed by atoms with Gasteiger partial charge in [0.15, 0.2) is 0 Å². The van der Waals surface area contributed by atoms with Gasteiger partial charge >= 0.3 is 0 Å². The van der Waals surface area contributed by atoms with Crippen molar-refractivity contribution in [2.75, 3.05) is 19.6 Å². The second kappa shape index (κ2) is 10.1. The molecule has 164 valence electrons. The summed E-state index contributed by atoms with van der Waals surface area (Å²) in [4.78, 5) is 18.6. The van der Waals surface area contributed by atoms with Crippen LogP contribution in [0.15, 0.2) is 48.5 Å². The van der Waals surface area contributed by atoms with Crippen molar-refractivity contribution in [2.45, 2.75) is 51.5 Å². The van der Waals surface area contributed by atoms with Crippen LogP contribution in [0.5, 0.6) is 0 Å². The molecule has 0 radical (unpaired) electrons. The lowest BCUT2D eigenvalue weighted by Crippen LogP contribution is -2.44. The van der Waals surface area contributed by atoms with E-state index in [-0.39, 0.29) is 17.8 Å². The number of halogens is 1. The van der Waals surface area contributed by atoms with E-state index in [0.717, 1.165) is 60.2 Å². The van der Waals surface area contributed by atoms with Crippen LogP contribution in [0.25, 0.3) is 22.2 Å². The van der Waals surface area contributed by atoms with Crippen LogP contribution in [0.2, 0.25) is 0 Å². The molecule has 1 amide bonds. The molecule has 4 rings (SSSR count). The number of nitrogens with zero attached hydrogens (tertiary/aromatic N) is 1. The first-order chi connectivity index (χ1) is 15.1. The number of benzene rings is 2. The van der Waals surface area contributed by atoms with Crippen molar-refractivity contribution in [1.29, 1.82) is 0 Å². The highest BCUT2D eigenvalue weighted by atomic mass is 19.1. The van der Waals surface area contributed by atoms with Gasteiger partial charge in [0.1, 0.15) is 5.82 Å². The Morgan fingerprint density at radius 1 is 1.16 bits per heavy atom. The van der Waals surface area contributed by atoms with Gasteiger partial charge in [0.2, 0.25) is 5.91 Å². The summed E-state index contributed by atoms with van der Waals surface area (Å²) in [7, 11) is 0. The fraction of sp³-hybridized carbons (Fsp3) is 0.423. The average Bonchev–Trinajstić information content (AvgIpc) is 3.15. The number of aromatic nitrogens is 1. The van der Waals surface area contributed by atoms with Gasteiger partial charge in [-0.25, -0.2) is 4.39 Å². The van der Waals surface area contributed by atoms with E-state index in [4.69, 9.17) is 0 Å². The lowest BCUT2D eigenvalue weighted by molar-refractivity contribution is -0.122. The van der Waals surface area contributed by atoms with Gasteiger partial charge in [-0.3, -0.25) is 4.79 Å². The first-order valence-electron chi connectivity index (χ1n) is 11.5. The van der Waals surface area contributed by atoms with E-state index in [2.05, 4.69) is 22.1 Å². The summed E-state index contributed by atoms with van der Waals surface area (Å²) in [6.45, 7) is 5.50. The Hall–Kier alpha value is -2.66. The Kier molecular flexibility index (Phi) is 7.03. The molecule has 0 aliphatic carbocycles. The van der Waals surface area contributed by atoms with Gasteiger partial charge in [0.05, 0.1) is 0 Å². The van der Waals surface area contributed by atoms with Gasteiger partial charge in [-0.15, -0.1) is 0 Å². The number of aryl methyl sites for hydroxylation is 1. The molecule has 31 heavy (non-hydrogen) atoms. The number of aromatic amines is 1. The highest BCUT2D eigenvalue weighted by Gasteiger charge is 2.21. The Morgan fingerprint density at radius 3 is 2.68 bits per heavy atom. The molecule has 0 atom stereocenters. The van der Waals surface area contributed by atoms with Crippen LogP contribution in [0.1, 0.15) is 44.6 Å². The normalized spacial score (nSPS) is 15.4. The number of carbonyl (C=O) groups excluding carboxylic acids is 1. The van der Waals surface area contributed by atoms with Crippen molar-refractivity contribution in [3.63, 3.8) is 0 Å². The second-order valence-corrected chi connectivity index (χ2v) is 8.57. The number of rotatable bonds is 8. The molecule has 1 fully saturated rings. The molecule has 2 aromatic carbocycles. The maximum absolute atomic E-state index is 13.9. The summed E-state index contributed by atoms with van der Waals surface area (Å²) in [6.07, 6.45) is 5.48. The zero-order chi connectivity index (χ0) is 21.6. The standard InChI is InChI=1S/C26H32FN3O/c1-2-3-15-30-16-13-21(14-17-30)28-25(31)12-10-22-23-18-20(27)9-11-24(23)29-26(22)19-7-5-4-6-8-19/h4-9,11,18,21,29H,2-3,10,12-17H2,1H3,(H,28,31). The molecule has 0 unspecified atom stereocenters. The molecule has 0 saturated carbocycles. The van der Waals surface area contributed by atoms with E-state index >= 15 is 0 Å². The molecule has 1 saturated heterocycles. The molecule has 0 bridgehead atoms. The highest BCUT2D eigenvalue weighted by molar-refractivity contribution is 5.91.